The largest absolute Gasteiger partial charge is 0.392 e. The molecule has 1 N–H and O–H groups in total. The molecule has 0 bridgehead atoms. The molecule has 0 aromatic heterocycles. The zero-order valence-electron chi connectivity index (χ0n) is 6.85. The first-order valence-electron chi connectivity index (χ1n) is 3.72. The maximum Gasteiger partial charge on any atom is 0.0839 e. The predicted octanol–water partition coefficient (Wildman–Crippen LogP) is 2.42. The molecule has 0 unspecified atom stereocenters. The molecule has 0 heterocycles. The number of alkyl halides is 1. The van der Waals surface area contributed by atoms with E-state index in [1.54, 1.807) is 18.2 Å². The minimum Gasteiger partial charge on any atom is -0.392 e. The molecule has 1 aromatic rings. The lowest BCUT2D eigenvalue weighted by molar-refractivity contribution is 0.282. The summed E-state index contributed by atoms with van der Waals surface area (Å²) in [5.41, 5.74) is 1.50. The Labute approximate surface area is 87.3 Å². The van der Waals surface area contributed by atoms with Crippen molar-refractivity contribution in [3.63, 3.8) is 0 Å². The number of benzene rings is 1. The van der Waals surface area contributed by atoms with E-state index in [4.69, 9.17) is 28.3 Å². The molecule has 0 fully saturated rings. The van der Waals surface area contributed by atoms with Gasteiger partial charge in [-0.15, -0.1) is 11.6 Å². The van der Waals surface area contributed by atoms with Crippen LogP contribution in [0.2, 0.25) is 5.02 Å². The minimum absolute atomic E-state index is 0.0742. The SMILES string of the molecule is OCc1cc(C#CCCl)ccc1Cl. The van der Waals surface area contributed by atoms with Gasteiger partial charge in [0.25, 0.3) is 0 Å². The number of aliphatic hydroxyl groups is 1. The average molecular weight is 215 g/mol. The molecular weight excluding hydrogens is 207 g/mol. The molecule has 0 aliphatic carbocycles. The average Bonchev–Trinajstić information content (AvgIpc) is 2.16. The van der Waals surface area contributed by atoms with Crippen molar-refractivity contribution in [1.82, 2.24) is 0 Å². The van der Waals surface area contributed by atoms with E-state index >= 15 is 0 Å². The smallest absolute Gasteiger partial charge is 0.0839 e. The van der Waals surface area contributed by atoms with Gasteiger partial charge in [-0.1, -0.05) is 23.4 Å². The zero-order chi connectivity index (χ0) is 9.68. The van der Waals surface area contributed by atoms with E-state index in [1.807, 2.05) is 0 Å². The second kappa shape index (κ2) is 5.14. The number of halogens is 2. The Morgan fingerprint density at radius 1 is 1.38 bits per heavy atom. The van der Waals surface area contributed by atoms with Gasteiger partial charge in [0.1, 0.15) is 0 Å². The van der Waals surface area contributed by atoms with Gasteiger partial charge in [-0.25, -0.2) is 0 Å². The molecule has 3 heteroatoms. The zero-order valence-corrected chi connectivity index (χ0v) is 8.36. The summed E-state index contributed by atoms with van der Waals surface area (Å²) in [5.74, 6) is 5.87. The van der Waals surface area contributed by atoms with Crippen molar-refractivity contribution in [3.8, 4) is 11.8 Å². The normalized spacial score (nSPS) is 9.15. The van der Waals surface area contributed by atoms with Gasteiger partial charge in [0.15, 0.2) is 0 Å². The Balaban J connectivity index is 2.99. The lowest BCUT2D eigenvalue weighted by Gasteiger charge is -1.99. The Morgan fingerprint density at radius 3 is 2.77 bits per heavy atom. The van der Waals surface area contributed by atoms with Gasteiger partial charge in [-0.05, 0) is 23.8 Å². The second-order valence-corrected chi connectivity index (χ2v) is 3.07. The maximum atomic E-state index is 8.91. The van der Waals surface area contributed by atoms with Crippen molar-refractivity contribution < 1.29 is 5.11 Å². The summed E-state index contributed by atoms with van der Waals surface area (Å²) in [6.45, 7) is -0.0742. The van der Waals surface area contributed by atoms with E-state index in [9.17, 15) is 0 Å². The highest BCUT2D eigenvalue weighted by Gasteiger charge is 1.98. The molecule has 0 radical (unpaired) electrons. The van der Waals surface area contributed by atoms with Gasteiger partial charge in [0, 0.05) is 10.6 Å². The maximum absolute atomic E-state index is 8.91. The highest BCUT2D eigenvalue weighted by molar-refractivity contribution is 6.31. The lowest BCUT2D eigenvalue weighted by Crippen LogP contribution is -1.86. The summed E-state index contributed by atoms with van der Waals surface area (Å²) in [6, 6.07) is 5.26. The van der Waals surface area contributed by atoms with E-state index in [-0.39, 0.29) is 6.61 Å². The van der Waals surface area contributed by atoms with Crippen LogP contribution in [-0.2, 0) is 6.61 Å². The summed E-state index contributed by atoms with van der Waals surface area (Å²) in [4.78, 5) is 0. The van der Waals surface area contributed by atoms with Crippen LogP contribution in [0.15, 0.2) is 18.2 Å². The fraction of sp³-hybridized carbons (Fsp3) is 0.200. The van der Waals surface area contributed by atoms with E-state index in [1.165, 1.54) is 0 Å². The van der Waals surface area contributed by atoms with Crippen LogP contribution in [0.25, 0.3) is 0 Å². The number of hydrogen-bond acceptors (Lipinski definition) is 1. The van der Waals surface area contributed by atoms with Crippen molar-refractivity contribution in [3.05, 3.63) is 34.3 Å². The summed E-state index contributed by atoms with van der Waals surface area (Å²) < 4.78 is 0. The van der Waals surface area contributed by atoms with Crippen LogP contribution in [0.4, 0.5) is 0 Å². The molecule has 68 valence electrons. The van der Waals surface area contributed by atoms with Crippen molar-refractivity contribution in [2.45, 2.75) is 6.61 Å². The van der Waals surface area contributed by atoms with E-state index in [0.717, 1.165) is 5.56 Å². The van der Waals surface area contributed by atoms with Crippen LogP contribution in [0.5, 0.6) is 0 Å². The van der Waals surface area contributed by atoms with E-state index in [0.29, 0.717) is 16.5 Å². The van der Waals surface area contributed by atoms with Gasteiger partial charge in [-0.2, -0.15) is 0 Å². The first-order chi connectivity index (χ1) is 6.27. The Hall–Kier alpha value is -0.680. The number of rotatable bonds is 1. The highest BCUT2D eigenvalue weighted by Crippen LogP contribution is 2.16. The minimum atomic E-state index is -0.0742. The number of aliphatic hydroxyl groups excluding tert-OH is 1. The van der Waals surface area contributed by atoms with Crippen molar-refractivity contribution in [2.24, 2.45) is 0 Å². The third-order valence-corrected chi connectivity index (χ3v) is 2.02. The first kappa shape index (κ1) is 10.4. The molecule has 0 spiro atoms. The third kappa shape index (κ3) is 2.93. The van der Waals surface area contributed by atoms with Crippen LogP contribution >= 0.6 is 23.2 Å². The topological polar surface area (TPSA) is 20.2 Å². The summed E-state index contributed by atoms with van der Waals surface area (Å²) in [5, 5.41) is 9.46. The molecule has 0 saturated heterocycles. The molecule has 0 atom stereocenters. The molecule has 0 aliphatic rings. The molecule has 0 amide bonds. The standard InChI is InChI=1S/C10H8Cl2O/c11-5-1-2-8-3-4-10(12)9(6-8)7-13/h3-4,6,13H,5,7H2. The quantitative estimate of drug-likeness (QED) is 0.563. The van der Waals surface area contributed by atoms with E-state index in [2.05, 4.69) is 11.8 Å². The fourth-order valence-corrected chi connectivity index (χ4v) is 1.15. The van der Waals surface area contributed by atoms with Crippen LogP contribution in [0.3, 0.4) is 0 Å². The third-order valence-electron chi connectivity index (χ3n) is 1.52. The second-order valence-electron chi connectivity index (χ2n) is 2.40. The van der Waals surface area contributed by atoms with Gasteiger partial charge in [0.05, 0.1) is 12.5 Å². The summed E-state index contributed by atoms with van der Waals surface area (Å²) in [6.07, 6.45) is 0. The Kier molecular flexibility index (Phi) is 4.11. The van der Waals surface area contributed by atoms with Gasteiger partial charge in [0.2, 0.25) is 0 Å². The van der Waals surface area contributed by atoms with Crippen molar-refractivity contribution in [1.29, 1.82) is 0 Å². The molecule has 0 aliphatic heterocycles. The van der Waals surface area contributed by atoms with Crippen LogP contribution in [-0.4, -0.2) is 11.0 Å². The van der Waals surface area contributed by atoms with Crippen molar-refractivity contribution >= 4 is 23.2 Å². The molecule has 1 rings (SSSR count). The highest BCUT2D eigenvalue weighted by atomic mass is 35.5. The predicted molar refractivity (Wildman–Crippen MR) is 55.0 cm³/mol. The van der Waals surface area contributed by atoms with Crippen molar-refractivity contribution in [2.75, 3.05) is 5.88 Å². The molecule has 0 saturated carbocycles. The van der Waals surface area contributed by atoms with Crippen LogP contribution < -0.4 is 0 Å². The molecule has 1 aromatic carbocycles. The Morgan fingerprint density at radius 2 is 2.15 bits per heavy atom. The molecule has 1 nitrogen and oxygen atoms in total. The van der Waals surface area contributed by atoms with Crippen LogP contribution in [0, 0.1) is 11.8 Å². The Bertz CT molecular complexity index is 350. The lowest BCUT2D eigenvalue weighted by atomic mass is 10.1. The van der Waals surface area contributed by atoms with Gasteiger partial charge >= 0.3 is 0 Å². The van der Waals surface area contributed by atoms with Gasteiger partial charge in [-0.3, -0.25) is 0 Å². The first-order valence-corrected chi connectivity index (χ1v) is 4.63. The summed E-state index contributed by atoms with van der Waals surface area (Å²) >= 11 is 11.2. The molecular formula is C10H8Cl2O. The monoisotopic (exact) mass is 214 g/mol. The fourth-order valence-electron chi connectivity index (χ4n) is 0.909. The summed E-state index contributed by atoms with van der Waals surface area (Å²) in [7, 11) is 0. The van der Waals surface area contributed by atoms with E-state index < -0.39 is 0 Å². The van der Waals surface area contributed by atoms with Gasteiger partial charge < -0.3 is 5.11 Å². The van der Waals surface area contributed by atoms with Crippen LogP contribution in [0.1, 0.15) is 11.1 Å². The number of hydrogen-bond donors (Lipinski definition) is 1. The molecule has 13 heavy (non-hydrogen) atoms.